The summed E-state index contributed by atoms with van der Waals surface area (Å²) in [5.74, 6) is 0. The zero-order chi connectivity index (χ0) is 12.3. The molecule has 0 saturated heterocycles. The molecule has 0 aliphatic heterocycles. The van der Waals surface area contributed by atoms with E-state index in [1.807, 2.05) is 36.4 Å². The van der Waals surface area contributed by atoms with Crippen molar-refractivity contribution in [2.24, 2.45) is 0 Å². The first-order valence-electron chi connectivity index (χ1n) is 5.01. The average molecular weight is 335 g/mol. The summed E-state index contributed by atoms with van der Waals surface area (Å²) in [6.07, 6.45) is 0. The first-order chi connectivity index (χ1) is 8.19. The minimum absolute atomic E-state index is 0.489. The Morgan fingerprint density at radius 3 is 2.53 bits per heavy atom. The fraction of sp³-hybridized carbons (Fsp3) is 0. The molecule has 0 heterocycles. The van der Waals surface area contributed by atoms with Crippen molar-refractivity contribution >= 4 is 39.7 Å². The van der Waals surface area contributed by atoms with E-state index in [2.05, 4.69) is 27.9 Å². The van der Waals surface area contributed by atoms with Gasteiger partial charge in [0.05, 0.1) is 11.3 Å². The number of anilines is 3. The molecule has 0 atom stereocenters. The SMILES string of the molecule is N#Cc1ccc(Nc2cccc(I)c2)cc1N. The van der Waals surface area contributed by atoms with E-state index in [1.54, 1.807) is 12.1 Å². The second kappa shape index (κ2) is 5.06. The Morgan fingerprint density at radius 2 is 1.88 bits per heavy atom. The number of nitrogens with two attached hydrogens (primary N) is 1. The molecular weight excluding hydrogens is 325 g/mol. The van der Waals surface area contributed by atoms with Gasteiger partial charge in [-0.3, -0.25) is 0 Å². The van der Waals surface area contributed by atoms with Crippen LogP contribution >= 0.6 is 22.6 Å². The van der Waals surface area contributed by atoms with E-state index in [4.69, 9.17) is 11.0 Å². The predicted octanol–water partition coefficient (Wildman–Crippen LogP) is 3.49. The summed E-state index contributed by atoms with van der Waals surface area (Å²) in [4.78, 5) is 0. The first-order valence-corrected chi connectivity index (χ1v) is 6.09. The van der Waals surface area contributed by atoms with Gasteiger partial charge in [0.2, 0.25) is 0 Å². The molecule has 0 radical (unpaired) electrons. The molecule has 0 aliphatic rings. The van der Waals surface area contributed by atoms with E-state index in [0.29, 0.717) is 11.3 Å². The third-order valence-corrected chi connectivity index (χ3v) is 2.96. The van der Waals surface area contributed by atoms with E-state index in [-0.39, 0.29) is 0 Å². The van der Waals surface area contributed by atoms with Crippen LogP contribution in [0.15, 0.2) is 42.5 Å². The molecule has 2 aromatic rings. The molecule has 0 saturated carbocycles. The first kappa shape index (κ1) is 11.7. The Kier molecular flexibility index (Phi) is 3.49. The smallest absolute Gasteiger partial charge is 0.101 e. The third-order valence-electron chi connectivity index (χ3n) is 2.29. The van der Waals surface area contributed by atoms with Crippen LogP contribution in [-0.2, 0) is 0 Å². The van der Waals surface area contributed by atoms with Crippen molar-refractivity contribution in [3.63, 3.8) is 0 Å². The van der Waals surface area contributed by atoms with Gasteiger partial charge < -0.3 is 11.1 Å². The maximum absolute atomic E-state index is 8.78. The number of hydrogen-bond donors (Lipinski definition) is 2. The van der Waals surface area contributed by atoms with Crippen molar-refractivity contribution in [1.29, 1.82) is 5.26 Å². The Morgan fingerprint density at radius 1 is 1.12 bits per heavy atom. The van der Waals surface area contributed by atoms with Gasteiger partial charge in [-0.05, 0) is 59.0 Å². The topological polar surface area (TPSA) is 61.8 Å². The van der Waals surface area contributed by atoms with E-state index in [1.165, 1.54) is 0 Å². The number of nitrogen functional groups attached to an aromatic ring is 1. The van der Waals surface area contributed by atoms with Crippen molar-refractivity contribution in [2.45, 2.75) is 0 Å². The Hall–Kier alpha value is -1.74. The Labute approximate surface area is 113 Å². The summed E-state index contributed by atoms with van der Waals surface area (Å²) in [6, 6.07) is 15.4. The van der Waals surface area contributed by atoms with Crippen LogP contribution < -0.4 is 11.1 Å². The summed E-state index contributed by atoms with van der Waals surface area (Å²) in [7, 11) is 0. The molecule has 2 rings (SSSR count). The Bertz CT molecular complexity index is 587. The van der Waals surface area contributed by atoms with Gasteiger partial charge in [0.25, 0.3) is 0 Å². The second-order valence-electron chi connectivity index (χ2n) is 3.55. The average Bonchev–Trinajstić information content (AvgIpc) is 2.29. The zero-order valence-corrected chi connectivity index (χ0v) is 11.1. The molecular formula is C13H10IN3. The lowest BCUT2D eigenvalue weighted by Gasteiger charge is -2.08. The lowest BCUT2D eigenvalue weighted by Crippen LogP contribution is -1.95. The molecule has 3 nitrogen and oxygen atoms in total. The van der Waals surface area contributed by atoms with Gasteiger partial charge in [-0.1, -0.05) is 6.07 Å². The molecule has 3 N–H and O–H groups in total. The number of benzene rings is 2. The molecule has 4 heteroatoms. The monoisotopic (exact) mass is 335 g/mol. The Balaban J connectivity index is 2.25. The van der Waals surface area contributed by atoms with Gasteiger partial charge in [0.15, 0.2) is 0 Å². The number of nitrogens with one attached hydrogen (secondary N) is 1. The van der Waals surface area contributed by atoms with Crippen LogP contribution in [0.2, 0.25) is 0 Å². The van der Waals surface area contributed by atoms with E-state index in [0.717, 1.165) is 14.9 Å². The molecule has 0 aromatic heterocycles. The third kappa shape index (κ3) is 2.88. The normalized spacial score (nSPS) is 9.65. The summed E-state index contributed by atoms with van der Waals surface area (Å²) in [6.45, 7) is 0. The fourth-order valence-corrected chi connectivity index (χ4v) is 2.02. The molecule has 0 unspecified atom stereocenters. The fourth-order valence-electron chi connectivity index (χ4n) is 1.48. The highest BCUT2D eigenvalue weighted by Gasteiger charge is 2.00. The van der Waals surface area contributed by atoms with Crippen LogP contribution in [0.5, 0.6) is 0 Å². The number of hydrogen-bond acceptors (Lipinski definition) is 3. The van der Waals surface area contributed by atoms with Crippen LogP contribution in [0.4, 0.5) is 17.1 Å². The van der Waals surface area contributed by atoms with E-state index >= 15 is 0 Å². The highest BCUT2D eigenvalue weighted by atomic mass is 127. The highest BCUT2D eigenvalue weighted by Crippen LogP contribution is 2.22. The quantitative estimate of drug-likeness (QED) is 0.652. The molecule has 0 amide bonds. The van der Waals surface area contributed by atoms with Gasteiger partial charge in [-0.25, -0.2) is 0 Å². The maximum atomic E-state index is 8.78. The predicted molar refractivity (Wildman–Crippen MR) is 78.0 cm³/mol. The highest BCUT2D eigenvalue weighted by molar-refractivity contribution is 14.1. The minimum Gasteiger partial charge on any atom is -0.398 e. The minimum atomic E-state index is 0.489. The number of nitrogens with zero attached hydrogens (tertiary/aromatic N) is 1. The number of rotatable bonds is 2. The molecule has 2 aromatic carbocycles. The molecule has 0 aliphatic carbocycles. The van der Waals surface area contributed by atoms with Crippen LogP contribution in [0.25, 0.3) is 0 Å². The summed E-state index contributed by atoms with van der Waals surface area (Å²) >= 11 is 2.26. The number of halogens is 1. The molecule has 0 bridgehead atoms. The van der Waals surface area contributed by atoms with E-state index < -0.39 is 0 Å². The number of nitriles is 1. The zero-order valence-electron chi connectivity index (χ0n) is 8.94. The molecule has 84 valence electrons. The summed E-state index contributed by atoms with van der Waals surface area (Å²) in [5, 5.41) is 12.0. The standard InChI is InChI=1S/C13H10IN3/c14-10-2-1-3-11(6-10)17-12-5-4-9(8-15)13(16)7-12/h1-7,17H,16H2. The van der Waals surface area contributed by atoms with Gasteiger partial charge in [0, 0.05) is 14.9 Å². The van der Waals surface area contributed by atoms with Crippen LogP contribution in [0, 0.1) is 14.9 Å². The lowest BCUT2D eigenvalue weighted by molar-refractivity contribution is 1.47. The van der Waals surface area contributed by atoms with Crippen molar-refractivity contribution < 1.29 is 0 Å². The maximum Gasteiger partial charge on any atom is 0.101 e. The van der Waals surface area contributed by atoms with Crippen molar-refractivity contribution in [2.75, 3.05) is 11.1 Å². The summed E-state index contributed by atoms with van der Waals surface area (Å²) in [5.41, 5.74) is 8.62. The van der Waals surface area contributed by atoms with Crippen molar-refractivity contribution in [1.82, 2.24) is 0 Å². The molecule has 17 heavy (non-hydrogen) atoms. The second-order valence-corrected chi connectivity index (χ2v) is 4.79. The van der Waals surface area contributed by atoms with Crippen molar-refractivity contribution in [3.05, 3.63) is 51.6 Å². The van der Waals surface area contributed by atoms with E-state index in [9.17, 15) is 0 Å². The van der Waals surface area contributed by atoms with Crippen LogP contribution in [0.1, 0.15) is 5.56 Å². The van der Waals surface area contributed by atoms with Crippen molar-refractivity contribution in [3.8, 4) is 6.07 Å². The lowest BCUT2D eigenvalue weighted by atomic mass is 10.2. The van der Waals surface area contributed by atoms with Gasteiger partial charge in [-0.2, -0.15) is 5.26 Å². The van der Waals surface area contributed by atoms with Crippen LogP contribution in [0.3, 0.4) is 0 Å². The van der Waals surface area contributed by atoms with Gasteiger partial charge >= 0.3 is 0 Å². The van der Waals surface area contributed by atoms with Gasteiger partial charge in [-0.15, -0.1) is 0 Å². The largest absolute Gasteiger partial charge is 0.398 e. The van der Waals surface area contributed by atoms with Gasteiger partial charge in [0.1, 0.15) is 6.07 Å². The molecule has 0 fully saturated rings. The summed E-state index contributed by atoms with van der Waals surface area (Å²) < 4.78 is 1.16. The molecule has 0 spiro atoms. The van der Waals surface area contributed by atoms with Crippen LogP contribution in [-0.4, -0.2) is 0 Å².